The summed E-state index contributed by atoms with van der Waals surface area (Å²) >= 11 is 1.72. The third-order valence-electron chi connectivity index (χ3n) is 7.35. The summed E-state index contributed by atoms with van der Waals surface area (Å²) in [5.74, 6) is 0. The molecule has 0 atom stereocenters. The minimum absolute atomic E-state index is 0.214. The maximum atomic E-state index is 4.00. The van der Waals surface area contributed by atoms with E-state index in [0.717, 1.165) is 22.7 Å². The number of thioether (sulfide) groups is 1. The molecular weight excluding hydrogens is 520 g/mol. The highest BCUT2D eigenvalue weighted by molar-refractivity contribution is 8.03. The molecule has 4 aromatic rings. The van der Waals surface area contributed by atoms with E-state index in [9.17, 15) is 0 Å². The number of rotatable bonds is 0. The van der Waals surface area contributed by atoms with Crippen LogP contribution in [0.5, 0.6) is 0 Å². The smallest absolute Gasteiger partial charge is 0.0701 e. The van der Waals surface area contributed by atoms with Gasteiger partial charge in [-0.1, -0.05) is 111 Å². The second-order valence-electron chi connectivity index (χ2n) is 14.1. The summed E-state index contributed by atoms with van der Waals surface area (Å²) in [6, 6.07) is 19.7. The van der Waals surface area contributed by atoms with Gasteiger partial charge in [0.05, 0.1) is 22.4 Å². The second kappa shape index (κ2) is 11.4. The first kappa shape index (κ1) is 30.5. The monoisotopic (exact) mass is 566 g/mol. The number of allylic oxidation sites excluding steroid dienone is 1. The van der Waals surface area contributed by atoms with Crippen LogP contribution in [0, 0.1) is 0 Å². The minimum atomic E-state index is 0.214. The average Bonchev–Trinajstić information content (AvgIpc) is 3.57. The third-order valence-corrected chi connectivity index (χ3v) is 8.25. The topological polar surface area (TPSA) is 52.7 Å². The number of nitrogens with zero attached hydrogens (tertiary/aromatic N) is 1. The van der Waals surface area contributed by atoms with E-state index in [2.05, 4.69) is 151 Å². The molecule has 2 aliphatic rings. The van der Waals surface area contributed by atoms with Crippen LogP contribution in [-0.2, 0) is 22.7 Å². The van der Waals surface area contributed by atoms with Crippen LogP contribution < -0.4 is 10.6 Å². The van der Waals surface area contributed by atoms with Crippen LogP contribution in [0.2, 0.25) is 0 Å². The molecule has 0 aliphatic carbocycles. The first-order chi connectivity index (χ1) is 19.0. The Morgan fingerprint density at radius 1 is 0.683 bits per heavy atom. The van der Waals surface area contributed by atoms with Gasteiger partial charge < -0.3 is 10.6 Å². The van der Waals surface area contributed by atoms with Gasteiger partial charge in [0.15, 0.2) is 0 Å². The standard InChI is InChI=1S/C13H17N.C12H15NS.C11H14N2/c1-9-7-10-8-11(13(2,3)4)5-6-12(10)14-9;1-8-13-10-6-5-9(12(2,3)4)7-11(10)14-8;1-11(2,3)9-4-5-10-8(6-9)7-12-13-10/h5-6,8,14H,1,7H2,2-4H3;5-7,13H,1H2,2-4H3;4-7H,1-3H3,(H,12,13). The molecule has 0 spiro atoms. The van der Waals surface area contributed by atoms with Crippen molar-refractivity contribution < 1.29 is 0 Å². The highest BCUT2D eigenvalue weighted by Gasteiger charge is 2.20. The Labute approximate surface area is 251 Å². The molecule has 0 saturated heterocycles. The van der Waals surface area contributed by atoms with E-state index in [0.29, 0.717) is 0 Å². The van der Waals surface area contributed by atoms with Gasteiger partial charge in [-0.25, -0.2) is 0 Å². The number of fused-ring (bicyclic) bond motifs is 3. The summed E-state index contributed by atoms with van der Waals surface area (Å²) in [7, 11) is 0. The van der Waals surface area contributed by atoms with Crippen LogP contribution in [0.1, 0.15) is 84.6 Å². The quantitative estimate of drug-likeness (QED) is 0.198. The van der Waals surface area contributed by atoms with Crippen LogP contribution in [-0.4, -0.2) is 10.2 Å². The van der Waals surface area contributed by atoms with Crippen LogP contribution in [0.15, 0.2) is 89.6 Å². The number of aromatic amines is 1. The van der Waals surface area contributed by atoms with Crippen LogP contribution in [0.4, 0.5) is 11.4 Å². The summed E-state index contributed by atoms with van der Waals surface area (Å²) in [4.78, 5) is 1.29. The minimum Gasteiger partial charge on any atom is -0.359 e. The van der Waals surface area contributed by atoms with Crippen molar-refractivity contribution in [2.45, 2.75) is 89.9 Å². The van der Waals surface area contributed by atoms with Gasteiger partial charge in [-0.2, -0.15) is 5.10 Å². The molecule has 216 valence electrons. The summed E-state index contributed by atoms with van der Waals surface area (Å²) in [5, 5.41) is 15.7. The van der Waals surface area contributed by atoms with Gasteiger partial charge >= 0.3 is 0 Å². The fourth-order valence-corrected chi connectivity index (χ4v) is 5.53. The number of hydrogen-bond donors (Lipinski definition) is 3. The van der Waals surface area contributed by atoms with Gasteiger partial charge in [0.2, 0.25) is 0 Å². The fourth-order valence-electron chi connectivity index (χ4n) is 4.69. The normalized spacial score (nSPS) is 14.3. The fraction of sp³-hybridized carbons (Fsp3) is 0.361. The van der Waals surface area contributed by atoms with Gasteiger partial charge in [0, 0.05) is 28.1 Å². The molecule has 5 heteroatoms. The molecule has 1 aromatic heterocycles. The van der Waals surface area contributed by atoms with Crippen molar-refractivity contribution in [3.05, 3.63) is 107 Å². The molecule has 41 heavy (non-hydrogen) atoms. The van der Waals surface area contributed by atoms with Crippen LogP contribution in [0.3, 0.4) is 0 Å². The second-order valence-corrected chi connectivity index (χ2v) is 15.2. The predicted octanol–water partition coefficient (Wildman–Crippen LogP) is 10.3. The molecule has 0 amide bonds. The molecule has 3 heterocycles. The molecular formula is C36H46N4S. The van der Waals surface area contributed by atoms with Gasteiger partial charge in [-0.15, -0.1) is 0 Å². The summed E-state index contributed by atoms with van der Waals surface area (Å²) in [6.45, 7) is 27.9. The number of anilines is 2. The Morgan fingerprint density at radius 3 is 1.88 bits per heavy atom. The summed E-state index contributed by atoms with van der Waals surface area (Å²) < 4.78 is 0. The van der Waals surface area contributed by atoms with E-state index in [1.54, 1.807) is 11.8 Å². The maximum absolute atomic E-state index is 4.00. The van der Waals surface area contributed by atoms with Crippen molar-refractivity contribution in [2.75, 3.05) is 10.6 Å². The molecule has 0 radical (unpaired) electrons. The molecule has 4 nitrogen and oxygen atoms in total. The molecule has 0 saturated carbocycles. The first-order valence-corrected chi connectivity index (χ1v) is 15.1. The zero-order chi connectivity index (χ0) is 30.2. The zero-order valence-corrected chi connectivity index (χ0v) is 27.1. The molecule has 6 rings (SSSR count). The number of nitrogens with one attached hydrogen (secondary N) is 3. The van der Waals surface area contributed by atoms with Crippen molar-refractivity contribution in [3.8, 4) is 0 Å². The average molecular weight is 567 g/mol. The van der Waals surface area contributed by atoms with Crippen molar-refractivity contribution >= 4 is 34.0 Å². The lowest BCUT2D eigenvalue weighted by Gasteiger charge is -2.19. The molecule has 3 N–H and O–H groups in total. The van der Waals surface area contributed by atoms with E-state index < -0.39 is 0 Å². The van der Waals surface area contributed by atoms with E-state index in [4.69, 9.17) is 0 Å². The van der Waals surface area contributed by atoms with Gasteiger partial charge in [0.25, 0.3) is 0 Å². The molecule has 0 fully saturated rings. The van der Waals surface area contributed by atoms with Gasteiger partial charge in [-0.05, 0) is 68.8 Å². The van der Waals surface area contributed by atoms with Gasteiger partial charge in [0.1, 0.15) is 0 Å². The Balaban J connectivity index is 0.000000142. The van der Waals surface area contributed by atoms with Crippen molar-refractivity contribution in [1.29, 1.82) is 0 Å². The third kappa shape index (κ3) is 7.65. The Kier molecular flexibility index (Phi) is 8.52. The summed E-state index contributed by atoms with van der Waals surface area (Å²) in [5.41, 5.74) is 10.8. The van der Waals surface area contributed by atoms with E-state index in [-0.39, 0.29) is 16.2 Å². The number of H-pyrrole nitrogens is 1. The first-order valence-electron chi connectivity index (χ1n) is 14.3. The number of hydrogen-bond acceptors (Lipinski definition) is 4. The molecule has 0 unspecified atom stereocenters. The zero-order valence-electron chi connectivity index (χ0n) is 26.3. The lowest BCUT2D eigenvalue weighted by atomic mass is 9.86. The van der Waals surface area contributed by atoms with Crippen molar-refractivity contribution in [1.82, 2.24) is 10.2 Å². The molecule has 2 aliphatic heterocycles. The van der Waals surface area contributed by atoms with E-state index in [1.807, 2.05) is 6.20 Å². The van der Waals surface area contributed by atoms with Gasteiger partial charge in [-0.3, -0.25) is 5.10 Å². The Hall–Kier alpha value is -3.44. The number of aromatic nitrogens is 2. The summed E-state index contributed by atoms with van der Waals surface area (Å²) in [6.07, 6.45) is 2.84. The van der Waals surface area contributed by atoms with E-state index >= 15 is 0 Å². The molecule has 0 bridgehead atoms. The number of benzene rings is 3. The predicted molar refractivity (Wildman–Crippen MR) is 180 cm³/mol. The van der Waals surface area contributed by atoms with Crippen molar-refractivity contribution in [2.24, 2.45) is 0 Å². The largest absolute Gasteiger partial charge is 0.359 e. The van der Waals surface area contributed by atoms with Crippen molar-refractivity contribution in [3.63, 3.8) is 0 Å². The molecule has 3 aromatic carbocycles. The maximum Gasteiger partial charge on any atom is 0.0701 e. The Bertz CT molecular complexity index is 1490. The SMILES string of the molecule is C=C1Cc2cc(C(C)(C)C)ccc2N1.C=C1Nc2ccc(C(C)(C)C)cc2S1.CC(C)(C)c1ccc2[nH]ncc2c1. The lowest BCUT2D eigenvalue weighted by Crippen LogP contribution is -2.10. The van der Waals surface area contributed by atoms with Crippen LogP contribution in [0.25, 0.3) is 10.9 Å². The van der Waals surface area contributed by atoms with E-state index in [1.165, 1.54) is 43.9 Å². The Morgan fingerprint density at radius 2 is 1.24 bits per heavy atom. The highest BCUT2D eigenvalue weighted by Crippen LogP contribution is 2.42. The highest BCUT2D eigenvalue weighted by atomic mass is 32.2. The lowest BCUT2D eigenvalue weighted by molar-refractivity contribution is 0.589. The van der Waals surface area contributed by atoms with Crippen LogP contribution >= 0.6 is 11.8 Å².